The predicted molar refractivity (Wildman–Crippen MR) is 79.0 cm³/mol. The second-order valence-electron chi connectivity index (χ2n) is 5.46. The van der Waals surface area contributed by atoms with Crippen LogP contribution in [-0.4, -0.2) is 38.1 Å². The Morgan fingerprint density at radius 2 is 1.63 bits per heavy atom. The second kappa shape index (κ2) is 5.51. The van der Waals surface area contributed by atoms with Crippen molar-refractivity contribution in [2.75, 3.05) is 24.7 Å². The van der Waals surface area contributed by atoms with Gasteiger partial charge in [0.15, 0.2) is 0 Å². The van der Waals surface area contributed by atoms with Gasteiger partial charge < -0.3 is 5.32 Å². The molecular formula is C14H22N2O2S. The molecule has 0 aliphatic carbocycles. The molecular weight excluding hydrogens is 260 g/mol. The van der Waals surface area contributed by atoms with E-state index < -0.39 is 10.0 Å². The maximum Gasteiger partial charge on any atom is 0.211 e. The molecule has 1 aromatic carbocycles. The van der Waals surface area contributed by atoms with E-state index in [1.807, 2.05) is 0 Å². The third kappa shape index (κ3) is 3.94. The zero-order chi connectivity index (χ0) is 14.0. The first-order valence-corrected chi connectivity index (χ1v) is 8.49. The van der Waals surface area contributed by atoms with Crippen LogP contribution in [0.1, 0.15) is 24.0 Å². The standard InChI is InChI=1S/C14H22N2O2S/c1-11-8-12(2)10-14(9-11)15-13-4-6-16(7-5-13)19(3,17)18/h8-10,13,15H,4-7H2,1-3H3. The van der Waals surface area contributed by atoms with Crippen molar-refractivity contribution in [2.24, 2.45) is 0 Å². The highest BCUT2D eigenvalue weighted by molar-refractivity contribution is 7.88. The zero-order valence-corrected chi connectivity index (χ0v) is 12.6. The Hall–Kier alpha value is -1.07. The SMILES string of the molecule is Cc1cc(C)cc(NC2CCN(S(C)(=O)=O)CC2)c1. The van der Waals surface area contributed by atoms with E-state index in [0.29, 0.717) is 19.1 Å². The Morgan fingerprint density at radius 1 is 1.11 bits per heavy atom. The van der Waals surface area contributed by atoms with E-state index in [2.05, 4.69) is 37.4 Å². The number of hydrogen-bond donors (Lipinski definition) is 1. The van der Waals surface area contributed by atoms with Gasteiger partial charge in [0.05, 0.1) is 6.26 Å². The Labute approximate surface area is 115 Å². The Kier molecular flexibility index (Phi) is 4.16. The molecule has 106 valence electrons. The summed E-state index contributed by atoms with van der Waals surface area (Å²) in [6, 6.07) is 6.78. The monoisotopic (exact) mass is 282 g/mol. The fourth-order valence-electron chi connectivity index (χ4n) is 2.63. The molecule has 0 aromatic heterocycles. The van der Waals surface area contributed by atoms with E-state index >= 15 is 0 Å². The second-order valence-corrected chi connectivity index (χ2v) is 7.44. The van der Waals surface area contributed by atoms with Gasteiger partial charge in [0.1, 0.15) is 0 Å². The molecule has 1 saturated heterocycles. The van der Waals surface area contributed by atoms with Gasteiger partial charge in [0.25, 0.3) is 0 Å². The van der Waals surface area contributed by atoms with Crippen LogP contribution in [0.4, 0.5) is 5.69 Å². The van der Waals surface area contributed by atoms with Crippen LogP contribution in [0.5, 0.6) is 0 Å². The average molecular weight is 282 g/mol. The van der Waals surface area contributed by atoms with Crippen molar-refractivity contribution in [1.82, 2.24) is 4.31 Å². The summed E-state index contributed by atoms with van der Waals surface area (Å²) in [5, 5.41) is 3.51. The van der Waals surface area contributed by atoms with E-state index in [0.717, 1.165) is 18.5 Å². The minimum Gasteiger partial charge on any atom is -0.382 e. The van der Waals surface area contributed by atoms with Gasteiger partial charge in [-0.2, -0.15) is 0 Å². The van der Waals surface area contributed by atoms with Crippen LogP contribution in [0, 0.1) is 13.8 Å². The lowest BCUT2D eigenvalue weighted by Gasteiger charge is -2.31. The summed E-state index contributed by atoms with van der Waals surface area (Å²) in [7, 11) is -3.03. The summed E-state index contributed by atoms with van der Waals surface area (Å²) >= 11 is 0. The van der Waals surface area contributed by atoms with Crippen LogP contribution in [-0.2, 0) is 10.0 Å². The summed E-state index contributed by atoms with van der Waals surface area (Å²) in [6.45, 7) is 5.40. The lowest BCUT2D eigenvalue weighted by atomic mass is 10.1. The maximum atomic E-state index is 11.4. The van der Waals surface area contributed by atoms with E-state index in [1.54, 1.807) is 4.31 Å². The molecule has 0 bridgehead atoms. The topological polar surface area (TPSA) is 49.4 Å². The number of hydrogen-bond acceptors (Lipinski definition) is 3. The predicted octanol–water partition coefficient (Wildman–Crippen LogP) is 2.14. The first-order valence-electron chi connectivity index (χ1n) is 6.64. The van der Waals surface area contributed by atoms with Gasteiger partial charge in [-0.05, 0) is 49.9 Å². The number of aryl methyl sites for hydroxylation is 2. The first kappa shape index (κ1) is 14.3. The summed E-state index contributed by atoms with van der Waals surface area (Å²) in [5.74, 6) is 0. The quantitative estimate of drug-likeness (QED) is 0.924. The highest BCUT2D eigenvalue weighted by atomic mass is 32.2. The molecule has 0 spiro atoms. The highest BCUT2D eigenvalue weighted by Gasteiger charge is 2.24. The van der Waals surface area contributed by atoms with Gasteiger partial charge >= 0.3 is 0 Å². The molecule has 0 saturated carbocycles. The Balaban J connectivity index is 1.96. The molecule has 0 radical (unpaired) electrons. The fourth-order valence-corrected chi connectivity index (χ4v) is 3.50. The smallest absolute Gasteiger partial charge is 0.211 e. The minimum absolute atomic E-state index is 0.360. The van der Waals surface area contributed by atoms with Gasteiger partial charge in [-0.25, -0.2) is 12.7 Å². The number of piperidine rings is 1. The molecule has 0 atom stereocenters. The molecule has 0 unspecified atom stereocenters. The third-order valence-electron chi connectivity index (χ3n) is 3.52. The van der Waals surface area contributed by atoms with Gasteiger partial charge in [-0.15, -0.1) is 0 Å². The molecule has 1 aliphatic heterocycles. The molecule has 4 nitrogen and oxygen atoms in total. The van der Waals surface area contributed by atoms with Crippen LogP contribution < -0.4 is 5.32 Å². The number of anilines is 1. The lowest BCUT2D eigenvalue weighted by Crippen LogP contribution is -2.41. The summed E-state index contributed by atoms with van der Waals surface area (Å²) in [6.07, 6.45) is 3.00. The molecule has 19 heavy (non-hydrogen) atoms. The molecule has 1 fully saturated rings. The van der Waals surface area contributed by atoms with Crippen LogP contribution in [0.2, 0.25) is 0 Å². The van der Waals surface area contributed by atoms with Crippen molar-refractivity contribution in [3.8, 4) is 0 Å². The minimum atomic E-state index is -3.03. The van der Waals surface area contributed by atoms with Crippen molar-refractivity contribution >= 4 is 15.7 Å². The van der Waals surface area contributed by atoms with E-state index in [9.17, 15) is 8.42 Å². The van der Waals surface area contributed by atoms with Crippen LogP contribution in [0.3, 0.4) is 0 Å². The normalized spacial score (nSPS) is 18.5. The first-order chi connectivity index (χ1) is 8.84. The number of nitrogens with one attached hydrogen (secondary N) is 1. The number of nitrogens with zero attached hydrogens (tertiary/aromatic N) is 1. The number of rotatable bonds is 3. The van der Waals surface area contributed by atoms with Gasteiger partial charge in [-0.1, -0.05) is 6.07 Å². The molecule has 1 aromatic rings. The van der Waals surface area contributed by atoms with Gasteiger partial charge in [0.2, 0.25) is 10.0 Å². The van der Waals surface area contributed by atoms with Crippen LogP contribution >= 0.6 is 0 Å². The van der Waals surface area contributed by atoms with E-state index in [-0.39, 0.29) is 0 Å². The van der Waals surface area contributed by atoms with Crippen molar-refractivity contribution in [3.05, 3.63) is 29.3 Å². The Morgan fingerprint density at radius 3 is 2.11 bits per heavy atom. The van der Waals surface area contributed by atoms with Crippen molar-refractivity contribution in [1.29, 1.82) is 0 Å². The van der Waals surface area contributed by atoms with Crippen LogP contribution in [0.15, 0.2) is 18.2 Å². The van der Waals surface area contributed by atoms with E-state index in [4.69, 9.17) is 0 Å². The van der Waals surface area contributed by atoms with Crippen molar-refractivity contribution in [3.63, 3.8) is 0 Å². The third-order valence-corrected chi connectivity index (χ3v) is 4.82. The van der Waals surface area contributed by atoms with Crippen molar-refractivity contribution in [2.45, 2.75) is 32.7 Å². The average Bonchev–Trinajstić information content (AvgIpc) is 2.26. The molecule has 5 heteroatoms. The van der Waals surface area contributed by atoms with Gasteiger partial charge in [-0.3, -0.25) is 0 Å². The molecule has 0 amide bonds. The lowest BCUT2D eigenvalue weighted by molar-refractivity contribution is 0.332. The number of sulfonamides is 1. The van der Waals surface area contributed by atoms with Gasteiger partial charge in [0, 0.05) is 24.8 Å². The van der Waals surface area contributed by atoms with Crippen molar-refractivity contribution < 1.29 is 8.42 Å². The van der Waals surface area contributed by atoms with Crippen LogP contribution in [0.25, 0.3) is 0 Å². The molecule has 1 heterocycles. The summed E-state index contributed by atoms with van der Waals surface area (Å²) in [4.78, 5) is 0. The molecule has 1 aliphatic rings. The largest absolute Gasteiger partial charge is 0.382 e. The fraction of sp³-hybridized carbons (Fsp3) is 0.571. The number of benzene rings is 1. The highest BCUT2D eigenvalue weighted by Crippen LogP contribution is 2.20. The van der Waals surface area contributed by atoms with E-state index in [1.165, 1.54) is 17.4 Å². The maximum absolute atomic E-state index is 11.4. The molecule has 2 rings (SSSR count). The Bertz CT molecular complexity index is 526. The summed E-state index contributed by atoms with van der Waals surface area (Å²) < 4.78 is 24.5. The zero-order valence-electron chi connectivity index (χ0n) is 11.8. The molecule has 1 N–H and O–H groups in total. The summed E-state index contributed by atoms with van der Waals surface area (Å²) in [5.41, 5.74) is 3.63.